The fourth-order valence-electron chi connectivity index (χ4n) is 4.59. The minimum absolute atomic E-state index is 0.182. The lowest BCUT2D eigenvalue weighted by molar-refractivity contribution is -0.145. The Bertz CT molecular complexity index is 811. The lowest BCUT2D eigenvalue weighted by Gasteiger charge is -2.30. The summed E-state index contributed by atoms with van der Waals surface area (Å²) < 4.78 is 0. The second-order valence-corrected chi connectivity index (χ2v) is 7.57. The summed E-state index contributed by atoms with van der Waals surface area (Å²) >= 11 is 6.24. The van der Waals surface area contributed by atoms with Crippen molar-refractivity contribution in [3.8, 4) is 0 Å². The summed E-state index contributed by atoms with van der Waals surface area (Å²) in [6.07, 6.45) is 0.681. The third-order valence-corrected chi connectivity index (χ3v) is 6.23. The Morgan fingerprint density at radius 2 is 2.00 bits per heavy atom. The van der Waals surface area contributed by atoms with Crippen molar-refractivity contribution < 1.29 is 14.4 Å². The standard InChI is InChI=1S/C18H20ClN3O3/c1-4-8(2)22-15(23)12-9(3)21-18(13(12)16(22)24)10-6-5-7-11(19)14(10)20-17(18)25/h5-9,12-13,21H,4H2,1-3H3,(H,20,25)/t8-,9+,12-,13+,18-/m1/s1. The quantitative estimate of drug-likeness (QED) is 0.788. The molecule has 0 bridgehead atoms. The summed E-state index contributed by atoms with van der Waals surface area (Å²) in [6, 6.07) is 4.79. The Morgan fingerprint density at radius 3 is 2.68 bits per heavy atom. The average molecular weight is 362 g/mol. The van der Waals surface area contributed by atoms with Gasteiger partial charge in [-0.2, -0.15) is 0 Å². The minimum Gasteiger partial charge on any atom is -0.323 e. The van der Waals surface area contributed by atoms with E-state index >= 15 is 0 Å². The Kier molecular flexibility index (Phi) is 3.50. The van der Waals surface area contributed by atoms with Crippen LogP contribution in [0.3, 0.4) is 0 Å². The van der Waals surface area contributed by atoms with Gasteiger partial charge in [0.2, 0.25) is 17.7 Å². The van der Waals surface area contributed by atoms with Crippen molar-refractivity contribution in [3.63, 3.8) is 0 Å². The highest BCUT2D eigenvalue weighted by atomic mass is 35.5. The van der Waals surface area contributed by atoms with E-state index in [0.717, 1.165) is 0 Å². The number of benzene rings is 1. The summed E-state index contributed by atoms with van der Waals surface area (Å²) in [5, 5.41) is 6.50. The molecule has 6 nitrogen and oxygen atoms in total. The Hall–Kier alpha value is -1.92. The Morgan fingerprint density at radius 1 is 1.28 bits per heavy atom. The number of imide groups is 1. The maximum absolute atomic E-state index is 13.2. The van der Waals surface area contributed by atoms with Crippen molar-refractivity contribution in [2.75, 3.05) is 5.32 Å². The number of halogens is 1. The van der Waals surface area contributed by atoms with E-state index in [4.69, 9.17) is 11.6 Å². The van der Waals surface area contributed by atoms with Crippen LogP contribution >= 0.6 is 11.6 Å². The van der Waals surface area contributed by atoms with E-state index in [2.05, 4.69) is 10.6 Å². The minimum atomic E-state index is -1.24. The van der Waals surface area contributed by atoms with Crippen LogP contribution in [0.4, 0.5) is 5.69 Å². The maximum atomic E-state index is 13.2. The number of hydrogen-bond acceptors (Lipinski definition) is 4. The first-order chi connectivity index (χ1) is 11.8. The molecule has 0 aliphatic carbocycles. The van der Waals surface area contributed by atoms with E-state index < -0.39 is 17.4 Å². The number of carbonyl (C=O) groups excluding carboxylic acids is 3. The maximum Gasteiger partial charge on any atom is 0.250 e. The zero-order valence-corrected chi connectivity index (χ0v) is 15.1. The average Bonchev–Trinajstić information content (AvgIpc) is 3.13. The summed E-state index contributed by atoms with van der Waals surface area (Å²) in [5.74, 6) is -2.07. The second-order valence-electron chi connectivity index (χ2n) is 7.16. The van der Waals surface area contributed by atoms with Gasteiger partial charge in [-0.15, -0.1) is 0 Å². The molecule has 5 atom stereocenters. The number of likely N-dealkylation sites (tertiary alicyclic amines) is 1. The summed E-state index contributed by atoms with van der Waals surface area (Å²) in [7, 11) is 0. The highest BCUT2D eigenvalue weighted by Gasteiger charge is 2.70. The molecule has 0 aromatic heterocycles. The molecule has 2 fully saturated rings. The third kappa shape index (κ3) is 1.87. The summed E-state index contributed by atoms with van der Waals surface area (Å²) in [6.45, 7) is 5.66. The second kappa shape index (κ2) is 5.29. The zero-order valence-electron chi connectivity index (χ0n) is 14.3. The van der Waals surface area contributed by atoms with Gasteiger partial charge in [-0.05, 0) is 26.3 Å². The molecule has 3 heterocycles. The molecule has 2 N–H and O–H groups in total. The lowest BCUT2D eigenvalue weighted by Crippen LogP contribution is -2.53. The number of nitrogens with zero attached hydrogens (tertiary/aromatic N) is 1. The van der Waals surface area contributed by atoms with Crippen LogP contribution in [0.1, 0.15) is 32.8 Å². The molecule has 1 aromatic rings. The molecule has 1 aromatic carbocycles. The number of rotatable bonds is 2. The van der Waals surface area contributed by atoms with Gasteiger partial charge in [0.05, 0.1) is 22.5 Å². The first-order valence-corrected chi connectivity index (χ1v) is 8.97. The van der Waals surface area contributed by atoms with Gasteiger partial charge in [0.15, 0.2) is 0 Å². The predicted molar refractivity (Wildman–Crippen MR) is 92.9 cm³/mol. The molecule has 0 unspecified atom stereocenters. The molecular weight excluding hydrogens is 342 g/mol. The number of para-hydroxylation sites is 1. The Balaban J connectivity index is 1.89. The van der Waals surface area contributed by atoms with Crippen LogP contribution in [0.15, 0.2) is 18.2 Å². The van der Waals surface area contributed by atoms with Gasteiger partial charge in [0, 0.05) is 17.6 Å². The van der Waals surface area contributed by atoms with Crippen LogP contribution in [0.2, 0.25) is 5.02 Å². The highest BCUT2D eigenvalue weighted by Crippen LogP contribution is 2.54. The van der Waals surface area contributed by atoms with Crippen molar-refractivity contribution in [3.05, 3.63) is 28.8 Å². The third-order valence-electron chi connectivity index (χ3n) is 5.91. The Labute approximate surface area is 150 Å². The number of hydrogen-bond donors (Lipinski definition) is 2. The van der Waals surface area contributed by atoms with Crippen molar-refractivity contribution in [1.82, 2.24) is 10.2 Å². The van der Waals surface area contributed by atoms with Gasteiger partial charge in [0.1, 0.15) is 5.54 Å². The molecule has 132 valence electrons. The van der Waals surface area contributed by atoms with E-state index in [1.807, 2.05) is 20.8 Å². The van der Waals surface area contributed by atoms with Crippen LogP contribution in [0, 0.1) is 11.8 Å². The van der Waals surface area contributed by atoms with Crippen molar-refractivity contribution in [2.45, 2.75) is 44.8 Å². The van der Waals surface area contributed by atoms with Gasteiger partial charge >= 0.3 is 0 Å². The van der Waals surface area contributed by atoms with E-state index in [0.29, 0.717) is 22.7 Å². The fraction of sp³-hybridized carbons (Fsp3) is 0.500. The summed E-state index contributed by atoms with van der Waals surface area (Å²) in [5.41, 5.74) is -0.0625. The molecule has 3 amide bonds. The number of fused-ring (bicyclic) bond motifs is 4. The first kappa shape index (κ1) is 16.5. The van der Waals surface area contributed by atoms with E-state index in [-0.39, 0.29) is 29.8 Å². The number of anilines is 1. The molecule has 0 saturated carbocycles. The highest BCUT2D eigenvalue weighted by molar-refractivity contribution is 6.35. The lowest BCUT2D eigenvalue weighted by atomic mass is 9.76. The van der Waals surface area contributed by atoms with Gasteiger partial charge in [-0.1, -0.05) is 30.7 Å². The molecule has 1 spiro atoms. The molecule has 3 aliphatic heterocycles. The molecule has 2 saturated heterocycles. The predicted octanol–water partition coefficient (Wildman–Crippen LogP) is 1.88. The van der Waals surface area contributed by atoms with Gasteiger partial charge in [0.25, 0.3) is 0 Å². The molecule has 4 rings (SSSR count). The van der Waals surface area contributed by atoms with Crippen molar-refractivity contribution >= 4 is 35.0 Å². The number of amides is 3. The van der Waals surface area contributed by atoms with E-state index in [9.17, 15) is 14.4 Å². The first-order valence-electron chi connectivity index (χ1n) is 8.59. The topological polar surface area (TPSA) is 78.5 Å². The zero-order chi connectivity index (χ0) is 18.1. The fourth-order valence-corrected chi connectivity index (χ4v) is 4.82. The van der Waals surface area contributed by atoms with E-state index in [1.165, 1.54) is 4.90 Å². The number of nitrogens with one attached hydrogen (secondary N) is 2. The van der Waals surface area contributed by atoms with Crippen molar-refractivity contribution in [1.29, 1.82) is 0 Å². The van der Waals surface area contributed by atoms with Gasteiger partial charge < -0.3 is 5.32 Å². The monoisotopic (exact) mass is 361 g/mol. The molecule has 0 radical (unpaired) electrons. The van der Waals surface area contributed by atoms with Crippen LogP contribution in [-0.4, -0.2) is 34.7 Å². The smallest absolute Gasteiger partial charge is 0.250 e. The molecule has 3 aliphatic rings. The van der Waals surface area contributed by atoms with Gasteiger partial charge in [-0.3, -0.25) is 24.6 Å². The normalized spacial score (nSPS) is 34.5. The van der Waals surface area contributed by atoms with Crippen LogP contribution in [-0.2, 0) is 19.9 Å². The van der Waals surface area contributed by atoms with Crippen molar-refractivity contribution in [2.24, 2.45) is 11.8 Å². The summed E-state index contributed by atoms with van der Waals surface area (Å²) in [4.78, 5) is 40.5. The van der Waals surface area contributed by atoms with Gasteiger partial charge in [-0.25, -0.2) is 0 Å². The van der Waals surface area contributed by atoms with E-state index in [1.54, 1.807) is 18.2 Å². The van der Waals surface area contributed by atoms with Crippen LogP contribution in [0.5, 0.6) is 0 Å². The van der Waals surface area contributed by atoms with Crippen LogP contribution in [0.25, 0.3) is 0 Å². The molecule has 25 heavy (non-hydrogen) atoms. The van der Waals surface area contributed by atoms with Crippen LogP contribution < -0.4 is 10.6 Å². The number of carbonyl (C=O) groups is 3. The molecular formula is C18H20ClN3O3. The largest absolute Gasteiger partial charge is 0.323 e. The SMILES string of the molecule is CC[C@@H](C)N1C(=O)[C@@H]2[C@H](C)N[C@@]3(C(=O)Nc4c(Cl)cccc43)[C@@H]2C1=O. The molecule has 7 heteroatoms.